The largest absolute Gasteiger partial charge is 0.573 e. The maximum atomic E-state index is 12.1. The molecule has 0 amide bonds. The highest BCUT2D eigenvalue weighted by molar-refractivity contribution is 5.30. The number of alkyl halides is 6. The van der Waals surface area contributed by atoms with Crippen molar-refractivity contribution in [2.45, 2.75) is 25.0 Å². The van der Waals surface area contributed by atoms with Gasteiger partial charge in [0, 0.05) is 6.04 Å². The lowest BCUT2D eigenvalue weighted by Crippen LogP contribution is -2.21. The summed E-state index contributed by atoms with van der Waals surface area (Å²) in [6.45, 7) is 0. The molecular formula is C10H9F6NO. The SMILES string of the molecule is N[C@@H](CC(F)(F)F)c1cccc(OC(F)(F)F)c1. The molecule has 0 aliphatic carbocycles. The van der Waals surface area contributed by atoms with Crippen LogP contribution in [0.25, 0.3) is 0 Å². The van der Waals surface area contributed by atoms with Crippen LogP contribution in [0, 0.1) is 0 Å². The minimum Gasteiger partial charge on any atom is -0.406 e. The summed E-state index contributed by atoms with van der Waals surface area (Å²) >= 11 is 0. The topological polar surface area (TPSA) is 35.2 Å². The van der Waals surface area contributed by atoms with Crippen LogP contribution in [0.5, 0.6) is 5.75 Å². The molecule has 0 spiro atoms. The van der Waals surface area contributed by atoms with E-state index in [2.05, 4.69) is 4.74 Å². The molecule has 1 aromatic rings. The summed E-state index contributed by atoms with van der Waals surface area (Å²) in [5, 5.41) is 0. The fourth-order valence-corrected chi connectivity index (χ4v) is 1.31. The van der Waals surface area contributed by atoms with Crippen molar-refractivity contribution in [3.8, 4) is 5.75 Å². The zero-order valence-corrected chi connectivity index (χ0v) is 8.85. The molecular weight excluding hydrogens is 264 g/mol. The molecule has 0 aromatic heterocycles. The van der Waals surface area contributed by atoms with Gasteiger partial charge in [-0.25, -0.2) is 0 Å². The number of ether oxygens (including phenoxy) is 1. The van der Waals surface area contributed by atoms with E-state index in [1.807, 2.05) is 0 Å². The van der Waals surface area contributed by atoms with Gasteiger partial charge in [0.1, 0.15) is 5.75 Å². The molecule has 8 heteroatoms. The Morgan fingerprint density at radius 2 is 1.72 bits per heavy atom. The van der Waals surface area contributed by atoms with Crippen molar-refractivity contribution in [2.75, 3.05) is 0 Å². The number of nitrogens with two attached hydrogens (primary N) is 1. The van der Waals surface area contributed by atoms with Crippen molar-refractivity contribution < 1.29 is 31.1 Å². The standard InChI is InChI=1S/C10H9F6NO/c11-9(12,13)5-8(17)6-2-1-3-7(4-6)18-10(14,15)16/h1-4,8H,5,17H2/t8-/m0/s1. The van der Waals surface area contributed by atoms with Crippen LogP contribution in [0.2, 0.25) is 0 Å². The normalized spacial score (nSPS) is 14.4. The molecule has 102 valence electrons. The Kier molecular flexibility index (Phi) is 4.10. The van der Waals surface area contributed by atoms with Gasteiger partial charge in [-0.1, -0.05) is 12.1 Å². The summed E-state index contributed by atoms with van der Waals surface area (Å²) in [5.74, 6) is -0.599. The van der Waals surface area contributed by atoms with Crippen molar-refractivity contribution in [2.24, 2.45) is 5.73 Å². The number of rotatable bonds is 3. The van der Waals surface area contributed by atoms with E-state index >= 15 is 0 Å². The minimum absolute atomic E-state index is 0.0749. The number of hydrogen-bond acceptors (Lipinski definition) is 2. The van der Waals surface area contributed by atoms with Gasteiger partial charge in [-0.05, 0) is 17.7 Å². The van der Waals surface area contributed by atoms with Crippen molar-refractivity contribution in [1.82, 2.24) is 0 Å². The van der Waals surface area contributed by atoms with Gasteiger partial charge in [0.25, 0.3) is 0 Å². The van der Waals surface area contributed by atoms with E-state index < -0.39 is 30.8 Å². The Morgan fingerprint density at radius 3 is 2.22 bits per heavy atom. The summed E-state index contributed by atoms with van der Waals surface area (Å²) in [4.78, 5) is 0. The molecule has 0 heterocycles. The van der Waals surface area contributed by atoms with E-state index in [9.17, 15) is 26.3 Å². The van der Waals surface area contributed by atoms with Gasteiger partial charge in [-0.2, -0.15) is 13.2 Å². The van der Waals surface area contributed by atoms with Crippen molar-refractivity contribution in [1.29, 1.82) is 0 Å². The first-order chi connectivity index (χ1) is 8.07. The Balaban J connectivity index is 2.82. The van der Waals surface area contributed by atoms with Crippen LogP contribution in [0.1, 0.15) is 18.0 Å². The second kappa shape index (κ2) is 5.05. The predicted molar refractivity (Wildman–Crippen MR) is 50.7 cm³/mol. The summed E-state index contributed by atoms with van der Waals surface area (Å²) < 4.78 is 75.5. The van der Waals surface area contributed by atoms with Crippen LogP contribution in [0.3, 0.4) is 0 Å². The number of hydrogen-bond donors (Lipinski definition) is 1. The highest BCUT2D eigenvalue weighted by Crippen LogP contribution is 2.30. The maximum Gasteiger partial charge on any atom is 0.573 e. The maximum absolute atomic E-state index is 12.1. The molecule has 2 N–H and O–H groups in total. The van der Waals surface area contributed by atoms with Crippen molar-refractivity contribution >= 4 is 0 Å². The van der Waals surface area contributed by atoms with Gasteiger partial charge in [0.15, 0.2) is 0 Å². The minimum atomic E-state index is -4.90. The molecule has 1 aromatic carbocycles. The highest BCUT2D eigenvalue weighted by atomic mass is 19.4. The van der Waals surface area contributed by atoms with E-state index in [1.54, 1.807) is 0 Å². The van der Waals surface area contributed by atoms with E-state index in [0.717, 1.165) is 18.2 Å². The van der Waals surface area contributed by atoms with Crippen LogP contribution in [-0.2, 0) is 0 Å². The Labute approximate surface area is 98.3 Å². The van der Waals surface area contributed by atoms with Crippen LogP contribution < -0.4 is 10.5 Å². The van der Waals surface area contributed by atoms with Crippen LogP contribution >= 0.6 is 0 Å². The monoisotopic (exact) mass is 273 g/mol. The highest BCUT2D eigenvalue weighted by Gasteiger charge is 2.33. The van der Waals surface area contributed by atoms with Gasteiger partial charge in [0.2, 0.25) is 0 Å². The predicted octanol–water partition coefficient (Wildman–Crippen LogP) is 3.54. The first-order valence-electron chi connectivity index (χ1n) is 4.75. The van der Waals surface area contributed by atoms with Crippen molar-refractivity contribution in [3.63, 3.8) is 0 Å². The van der Waals surface area contributed by atoms with Crippen molar-refractivity contribution in [3.05, 3.63) is 29.8 Å². The Bertz CT molecular complexity index is 400. The lowest BCUT2D eigenvalue weighted by molar-refractivity contribution is -0.274. The first kappa shape index (κ1) is 14.6. The summed E-state index contributed by atoms with van der Waals surface area (Å²) in [6, 6.07) is 2.75. The Morgan fingerprint density at radius 1 is 1.11 bits per heavy atom. The second-order valence-corrected chi connectivity index (χ2v) is 3.55. The summed E-state index contributed by atoms with van der Waals surface area (Å²) in [5.41, 5.74) is 5.18. The first-order valence-corrected chi connectivity index (χ1v) is 4.75. The second-order valence-electron chi connectivity index (χ2n) is 3.55. The molecule has 0 saturated carbocycles. The Hall–Kier alpha value is -1.44. The lowest BCUT2D eigenvalue weighted by Gasteiger charge is -2.16. The molecule has 0 unspecified atom stereocenters. The third kappa shape index (κ3) is 5.26. The van der Waals surface area contributed by atoms with Gasteiger partial charge in [0.05, 0.1) is 6.42 Å². The molecule has 0 aliphatic heterocycles. The smallest absolute Gasteiger partial charge is 0.406 e. The van der Waals surface area contributed by atoms with Crippen LogP contribution in [0.15, 0.2) is 24.3 Å². The number of halogens is 6. The molecule has 0 bridgehead atoms. The van der Waals surface area contributed by atoms with E-state index in [4.69, 9.17) is 5.73 Å². The molecule has 1 rings (SSSR count). The molecule has 0 saturated heterocycles. The average Bonchev–Trinajstić information content (AvgIpc) is 2.12. The van der Waals surface area contributed by atoms with E-state index in [-0.39, 0.29) is 5.56 Å². The zero-order chi connectivity index (χ0) is 14.0. The molecule has 0 fully saturated rings. The number of benzene rings is 1. The zero-order valence-electron chi connectivity index (χ0n) is 8.85. The fourth-order valence-electron chi connectivity index (χ4n) is 1.31. The fraction of sp³-hybridized carbons (Fsp3) is 0.400. The van der Waals surface area contributed by atoms with E-state index in [0.29, 0.717) is 0 Å². The quantitative estimate of drug-likeness (QED) is 0.855. The van der Waals surface area contributed by atoms with Gasteiger partial charge >= 0.3 is 12.5 Å². The van der Waals surface area contributed by atoms with Crippen LogP contribution in [-0.4, -0.2) is 12.5 Å². The van der Waals surface area contributed by atoms with Gasteiger partial charge in [-0.15, -0.1) is 13.2 Å². The molecule has 0 aliphatic rings. The van der Waals surface area contributed by atoms with Crippen LogP contribution in [0.4, 0.5) is 26.3 Å². The summed E-state index contributed by atoms with van der Waals surface area (Å²) in [6.07, 6.45) is -10.7. The van der Waals surface area contributed by atoms with Gasteiger partial charge in [-0.3, -0.25) is 0 Å². The average molecular weight is 273 g/mol. The third-order valence-electron chi connectivity index (χ3n) is 1.97. The molecule has 0 radical (unpaired) electrons. The molecule has 18 heavy (non-hydrogen) atoms. The van der Waals surface area contributed by atoms with Gasteiger partial charge < -0.3 is 10.5 Å². The lowest BCUT2D eigenvalue weighted by atomic mass is 10.0. The summed E-state index contributed by atoms with van der Waals surface area (Å²) in [7, 11) is 0. The van der Waals surface area contributed by atoms with E-state index in [1.165, 1.54) is 6.07 Å². The third-order valence-corrected chi connectivity index (χ3v) is 1.97. The molecule has 1 atom stereocenters. The molecule has 2 nitrogen and oxygen atoms in total.